The van der Waals surface area contributed by atoms with E-state index in [9.17, 15) is 22.4 Å². The third-order valence-corrected chi connectivity index (χ3v) is 6.91. The van der Waals surface area contributed by atoms with E-state index in [0.29, 0.717) is 5.92 Å². The number of hydrogen-bond acceptors (Lipinski definition) is 3. The van der Waals surface area contributed by atoms with Crippen molar-refractivity contribution in [2.45, 2.75) is 83.7 Å². The normalized spacial score (nSPS) is 27.2. The van der Waals surface area contributed by atoms with Gasteiger partial charge in [0.2, 0.25) is 0 Å². The predicted octanol–water partition coefficient (Wildman–Crippen LogP) is 7.24. The average molecular weight is 445 g/mol. The summed E-state index contributed by atoms with van der Waals surface area (Å²) in [6.07, 6.45) is 3.10. The molecule has 31 heavy (non-hydrogen) atoms. The van der Waals surface area contributed by atoms with Gasteiger partial charge >= 0.3 is 18.5 Å². The summed E-state index contributed by atoms with van der Waals surface area (Å²) in [6, 6.07) is 4.72. The maximum Gasteiger partial charge on any atom is 0.461 e. The van der Waals surface area contributed by atoms with Crippen LogP contribution < -0.4 is 9.47 Å². The van der Waals surface area contributed by atoms with Gasteiger partial charge in [0.05, 0.1) is 5.92 Å². The van der Waals surface area contributed by atoms with Gasteiger partial charge in [0.25, 0.3) is 0 Å². The van der Waals surface area contributed by atoms with Crippen molar-refractivity contribution in [1.29, 1.82) is 0 Å². The third kappa shape index (κ3) is 6.59. The van der Waals surface area contributed by atoms with Crippen molar-refractivity contribution in [2.75, 3.05) is 0 Å². The summed E-state index contributed by atoms with van der Waals surface area (Å²) in [5.41, 5.74) is 0. The summed E-state index contributed by atoms with van der Waals surface area (Å²) in [4.78, 5) is 12.5. The largest absolute Gasteiger partial charge is 0.461 e. The first kappa shape index (κ1) is 23.9. The molecule has 0 unspecified atom stereocenters. The van der Waals surface area contributed by atoms with Gasteiger partial charge in [-0.3, -0.25) is 4.79 Å². The van der Waals surface area contributed by atoms with Crippen molar-refractivity contribution >= 4 is 5.97 Å². The van der Waals surface area contributed by atoms with Crippen LogP contribution in [0, 0.1) is 23.7 Å². The molecule has 0 radical (unpaired) electrons. The Labute approximate surface area is 181 Å². The Balaban J connectivity index is 1.43. The summed E-state index contributed by atoms with van der Waals surface area (Å²) in [5, 5.41) is 0. The number of esters is 1. The molecule has 0 heterocycles. The van der Waals surface area contributed by atoms with Crippen molar-refractivity contribution in [3.63, 3.8) is 0 Å². The number of alkyl halides is 4. The zero-order chi connectivity index (χ0) is 22.4. The Bertz CT molecular complexity index is 691. The molecule has 0 aliphatic heterocycles. The molecule has 3 rings (SSSR count). The van der Waals surface area contributed by atoms with Crippen molar-refractivity contribution < 1.29 is 31.8 Å². The number of carbonyl (C=O) groups is 1. The van der Waals surface area contributed by atoms with Crippen LogP contribution in [-0.4, -0.2) is 18.5 Å². The number of rotatable bonds is 8. The van der Waals surface area contributed by atoms with E-state index in [1.807, 2.05) is 0 Å². The van der Waals surface area contributed by atoms with Gasteiger partial charge in [-0.1, -0.05) is 32.6 Å². The lowest BCUT2D eigenvalue weighted by molar-refractivity contribution is -0.253. The highest BCUT2D eigenvalue weighted by Crippen LogP contribution is 2.42. The van der Waals surface area contributed by atoms with E-state index in [2.05, 4.69) is 11.7 Å². The number of halogens is 4. The molecule has 2 aliphatic rings. The van der Waals surface area contributed by atoms with Crippen molar-refractivity contribution in [3.8, 4) is 11.5 Å². The first-order valence-corrected chi connectivity index (χ1v) is 11.4. The molecule has 2 fully saturated rings. The van der Waals surface area contributed by atoms with Gasteiger partial charge in [0, 0.05) is 0 Å². The van der Waals surface area contributed by atoms with Crippen LogP contribution in [0.2, 0.25) is 0 Å². The van der Waals surface area contributed by atoms with E-state index in [4.69, 9.17) is 4.74 Å². The van der Waals surface area contributed by atoms with Crippen LogP contribution in [0.25, 0.3) is 0 Å². The summed E-state index contributed by atoms with van der Waals surface area (Å²) in [6.45, 7) is 2.25. The van der Waals surface area contributed by atoms with E-state index in [1.54, 1.807) is 0 Å². The lowest BCUT2D eigenvalue weighted by Crippen LogP contribution is -2.33. The molecule has 174 valence electrons. The number of benzene rings is 1. The van der Waals surface area contributed by atoms with Gasteiger partial charge in [-0.15, -0.1) is 0 Å². The van der Waals surface area contributed by atoms with Gasteiger partial charge in [0.1, 0.15) is 11.5 Å². The highest BCUT2D eigenvalue weighted by molar-refractivity contribution is 5.75. The smallest absolute Gasteiger partial charge is 0.428 e. The Kier molecular flexibility index (Phi) is 8.23. The Morgan fingerprint density at radius 1 is 0.935 bits per heavy atom. The second-order valence-corrected chi connectivity index (χ2v) is 9.04. The maximum atomic E-state index is 12.9. The fourth-order valence-corrected chi connectivity index (χ4v) is 5.16. The van der Waals surface area contributed by atoms with Crippen LogP contribution in [-0.2, 0) is 4.79 Å². The lowest BCUT2D eigenvalue weighted by atomic mass is 9.69. The molecule has 0 saturated heterocycles. The minimum absolute atomic E-state index is 0.160. The Morgan fingerprint density at radius 2 is 1.45 bits per heavy atom. The summed E-state index contributed by atoms with van der Waals surface area (Å²) < 4.78 is 59.7. The molecular weight excluding hydrogens is 412 g/mol. The van der Waals surface area contributed by atoms with E-state index in [1.165, 1.54) is 50.7 Å². The molecule has 1 aromatic carbocycles. The zero-order valence-corrected chi connectivity index (χ0v) is 18.0. The predicted molar refractivity (Wildman–Crippen MR) is 109 cm³/mol. The van der Waals surface area contributed by atoms with Crippen LogP contribution in [0.5, 0.6) is 11.5 Å². The number of ether oxygens (including phenoxy) is 2. The standard InChI is InChI=1S/C24H32F4O3/c1-2-3-16-4-6-17(7-5-16)18-8-10-19(11-9-18)22(29)30-20-12-14-21(15-13-20)31-24(27,28)23(25)26/h12-19,23H,2-11H2,1H3/t16-,17-,18?,19?. The monoisotopic (exact) mass is 444 g/mol. The average Bonchev–Trinajstić information content (AvgIpc) is 2.76. The fourth-order valence-electron chi connectivity index (χ4n) is 5.16. The van der Waals surface area contributed by atoms with Gasteiger partial charge in [0.15, 0.2) is 0 Å². The van der Waals surface area contributed by atoms with Gasteiger partial charge in [-0.25, -0.2) is 0 Å². The summed E-state index contributed by atoms with van der Waals surface area (Å²) >= 11 is 0. The highest BCUT2D eigenvalue weighted by Gasteiger charge is 2.44. The van der Waals surface area contributed by atoms with E-state index in [-0.39, 0.29) is 17.6 Å². The number of carbonyl (C=O) groups excluding carboxylic acids is 1. The molecule has 0 amide bonds. The molecule has 2 saturated carbocycles. The molecule has 0 atom stereocenters. The summed E-state index contributed by atoms with van der Waals surface area (Å²) in [7, 11) is 0. The molecule has 1 aromatic rings. The van der Waals surface area contributed by atoms with Crippen LogP contribution in [0.15, 0.2) is 24.3 Å². The van der Waals surface area contributed by atoms with Crippen molar-refractivity contribution in [3.05, 3.63) is 24.3 Å². The SMILES string of the molecule is CCC[C@H]1CC[C@H](C2CCC(C(=O)Oc3ccc(OC(F)(F)C(F)F)cc3)CC2)CC1. The molecule has 0 bridgehead atoms. The Hall–Kier alpha value is -1.79. The third-order valence-electron chi connectivity index (χ3n) is 6.91. The maximum absolute atomic E-state index is 12.9. The second-order valence-electron chi connectivity index (χ2n) is 9.04. The molecule has 0 aromatic heterocycles. The molecule has 0 spiro atoms. The number of hydrogen-bond donors (Lipinski definition) is 0. The quantitative estimate of drug-likeness (QED) is 0.241. The van der Waals surface area contributed by atoms with E-state index >= 15 is 0 Å². The van der Waals surface area contributed by atoms with Crippen LogP contribution in [0.3, 0.4) is 0 Å². The zero-order valence-electron chi connectivity index (χ0n) is 18.0. The molecule has 7 heteroatoms. The van der Waals surface area contributed by atoms with Crippen LogP contribution in [0.4, 0.5) is 17.6 Å². The lowest BCUT2D eigenvalue weighted by Gasteiger charge is -2.37. The van der Waals surface area contributed by atoms with Crippen LogP contribution >= 0.6 is 0 Å². The summed E-state index contributed by atoms with van der Waals surface area (Å²) in [5.74, 6) is 1.66. The van der Waals surface area contributed by atoms with E-state index in [0.717, 1.165) is 49.7 Å². The highest BCUT2D eigenvalue weighted by atomic mass is 19.3. The molecule has 2 aliphatic carbocycles. The molecule has 0 N–H and O–H groups in total. The molecular formula is C24H32F4O3. The van der Waals surface area contributed by atoms with Crippen LogP contribution in [0.1, 0.15) is 71.1 Å². The van der Waals surface area contributed by atoms with Gasteiger partial charge < -0.3 is 9.47 Å². The fraction of sp³-hybridized carbons (Fsp3) is 0.708. The van der Waals surface area contributed by atoms with Crippen molar-refractivity contribution in [1.82, 2.24) is 0 Å². The minimum Gasteiger partial charge on any atom is -0.428 e. The molecule has 3 nitrogen and oxygen atoms in total. The first-order chi connectivity index (χ1) is 14.8. The van der Waals surface area contributed by atoms with Crippen molar-refractivity contribution in [2.24, 2.45) is 23.7 Å². The van der Waals surface area contributed by atoms with E-state index < -0.39 is 18.3 Å². The first-order valence-electron chi connectivity index (χ1n) is 11.4. The minimum atomic E-state index is -4.56. The second kappa shape index (κ2) is 10.7. The Morgan fingerprint density at radius 3 is 1.97 bits per heavy atom. The van der Waals surface area contributed by atoms with Gasteiger partial charge in [-0.05, 0) is 80.5 Å². The topological polar surface area (TPSA) is 35.5 Å². The van der Waals surface area contributed by atoms with Gasteiger partial charge in [-0.2, -0.15) is 17.6 Å².